The van der Waals surface area contributed by atoms with Crippen molar-refractivity contribution < 1.29 is 9.53 Å². The summed E-state index contributed by atoms with van der Waals surface area (Å²) in [6.07, 6.45) is 5.95. The van der Waals surface area contributed by atoms with Gasteiger partial charge in [0.2, 0.25) is 0 Å². The molecule has 0 atom stereocenters. The summed E-state index contributed by atoms with van der Waals surface area (Å²) < 4.78 is 5.42. The summed E-state index contributed by atoms with van der Waals surface area (Å²) in [7, 11) is 0. The molecular formula is C12H20O2. The fourth-order valence-corrected chi connectivity index (χ4v) is 1.63. The van der Waals surface area contributed by atoms with Crippen molar-refractivity contribution in [3.05, 3.63) is 11.1 Å². The summed E-state index contributed by atoms with van der Waals surface area (Å²) in [6.45, 7) is 5.72. The molecule has 2 nitrogen and oxygen atoms in total. The van der Waals surface area contributed by atoms with Crippen molar-refractivity contribution in [1.82, 2.24) is 0 Å². The second-order valence-electron chi connectivity index (χ2n) is 4.29. The molecule has 0 aromatic rings. The van der Waals surface area contributed by atoms with Crippen LogP contribution in [0.3, 0.4) is 0 Å². The topological polar surface area (TPSA) is 26.3 Å². The molecule has 0 amide bonds. The van der Waals surface area contributed by atoms with Crippen LogP contribution < -0.4 is 0 Å². The Morgan fingerprint density at radius 1 is 1.07 bits per heavy atom. The maximum atomic E-state index is 11.6. The first kappa shape index (κ1) is 11.3. The molecule has 0 bridgehead atoms. The molecule has 80 valence electrons. The lowest BCUT2D eigenvalue weighted by Gasteiger charge is -2.22. The summed E-state index contributed by atoms with van der Waals surface area (Å²) in [4.78, 5) is 11.6. The van der Waals surface area contributed by atoms with E-state index in [2.05, 4.69) is 0 Å². The van der Waals surface area contributed by atoms with E-state index in [0.717, 1.165) is 24.0 Å². The van der Waals surface area contributed by atoms with Crippen molar-refractivity contribution in [3.63, 3.8) is 0 Å². The van der Waals surface area contributed by atoms with Crippen LogP contribution in [0.25, 0.3) is 0 Å². The molecule has 0 aromatic carbocycles. The molecule has 0 saturated heterocycles. The standard InChI is InChI=1S/C12H20O2/c1-9(2)10(3)12(13)14-11-7-5-4-6-8-11/h11H,4-8H2,1-3H3. The van der Waals surface area contributed by atoms with Gasteiger partial charge in [0, 0.05) is 5.57 Å². The lowest BCUT2D eigenvalue weighted by atomic mass is 9.98. The first-order chi connectivity index (χ1) is 6.61. The fourth-order valence-electron chi connectivity index (χ4n) is 1.63. The zero-order chi connectivity index (χ0) is 10.6. The van der Waals surface area contributed by atoms with Crippen LogP contribution in [0.15, 0.2) is 11.1 Å². The third-order valence-corrected chi connectivity index (χ3v) is 2.88. The van der Waals surface area contributed by atoms with Gasteiger partial charge in [-0.1, -0.05) is 12.0 Å². The SMILES string of the molecule is CC(C)=C(C)C(=O)OC1CCCCC1. The number of ether oxygens (including phenoxy) is 1. The number of carbonyl (C=O) groups excluding carboxylic acids is 1. The van der Waals surface area contributed by atoms with Crippen LogP contribution in [0.2, 0.25) is 0 Å². The molecule has 0 N–H and O–H groups in total. The number of hydrogen-bond donors (Lipinski definition) is 0. The Balaban J connectivity index is 2.43. The lowest BCUT2D eigenvalue weighted by molar-refractivity contribution is -0.145. The molecule has 1 aliphatic rings. The molecule has 1 saturated carbocycles. The third kappa shape index (κ3) is 3.17. The molecule has 2 heteroatoms. The van der Waals surface area contributed by atoms with E-state index in [-0.39, 0.29) is 12.1 Å². The molecule has 0 spiro atoms. The normalized spacial score (nSPS) is 17.6. The quantitative estimate of drug-likeness (QED) is 0.500. The van der Waals surface area contributed by atoms with Gasteiger partial charge in [0.15, 0.2) is 0 Å². The highest BCUT2D eigenvalue weighted by molar-refractivity contribution is 5.88. The zero-order valence-electron chi connectivity index (χ0n) is 9.43. The van der Waals surface area contributed by atoms with Crippen molar-refractivity contribution in [2.75, 3.05) is 0 Å². The second kappa shape index (κ2) is 5.18. The van der Waals surface area contributed by atoms with Crippen molar-refractivity contribution in [2.45, 2.75) is 59.0 Å². The molecule has 0 unspecified atom stereocenters. The van der Waals surface area contributed by atoms with Gasteiger partial charge in [-0.3, -0.25) is 0 Å². The van der Waals surface area contributed by atoms with Gasteiger partial charge in [-0.25, -0.2) is 4.79 Å². The van der Waals surface area contributed by atoms with Gasteiger partial charge in [0.25, 0.3) is 0 Å². The van der Waals surface area contributed by atoms with Crippen molar-refractivity contribution in [1.29, 1.82) is 0 Å². The number of hydrogen-bond acceptors (Lipinski definition) is 2. The van der Waals surface area contributed by atoms with Crippen molar-refractivity contribution in [2.24, 2.45) is 0 Å². The average molecular weight is 196 g/mol. The molecule has 1 fully saturated rings. The Hall–Kier alpha value is -0.790. The van der Waals surface area contributed by atoms with Gasteiger partial charge in [-0.2, -0.15) is 0 Å². The minimum atomic E-state index is -0.128. The Morgan fingerprint density at radius 3 is 2.14 bits per heavy atom. The summed E-state index contributed by atoms with van der Waals surface area (Å²) >= 11 is 0. The van der Waals surface area contributed by atoms with Crippen LogP contribution >= 0.6 is 0 Å². The monoisotopic (exact) mass is 196 g/mol. The average Bonchev–Trinajstić information content (AvgIpc) is 2.18. The van der Waals surface area contributed by atoms with Gasteiger partial charge in [-0.05, 0) is 46.5 Å². The van der Waals surface area contributed by atoms with Crippen LogP contribution in [-0.4, -0.2) is 12.1 Å². The Labute approximate surface area is 86.3 Å². The lowest BCUT2D eigenvalue weighted by Crippen LogP contribution is -2.21. The molecule has 0 heterocycles. The molecule has 0 radical (unpaired) electrons. The van der Waals surface area contributed by atoms with E-state index < -0.39 is 0 Å². The molecule has 1 aliphatic carbocycles. The van der Waals surface area contributed by atoms with Gasteiger partial charge in [0.05, 0.1) is 0 Å². The van der Waals surface area contributed by atoms with E-state index in [1.165, 1.54) is 19.3 Å². The van der Waals surface area contributed by atoms with E-state index in [1.807, 2.05) is 20.8 Å². The van der Waals surface area contributed by atoms with E-state index in [1.54, 1.807) is 0 Å². The van der Waals surface area contributed by atoms with Crippen LogP contribution in [-0.2, 0) is 9.53 Å². The molecule has 0 aliphatic heterocycles. The minimum Gasteiger partial charge on any atom is -0.459 e. The highest BCUT2D eigenvalue weighted by Gasteiger charge is 2.18. The number of allylic oxidation sites excluding steroid dienone is 1. The van der Waals surface area contributed by atoms with E-state index in [4.69, 9.17) is 4.74 Å². The summed E-state index contributed by atoms with van der Waals surface area (Å²) in [5, 5.41) is 0. The summed E-state index contributed by atoms with van der Waals surface area (Å²) in [5.41, 5.74) is 1.81. The fraction of sp³-hybridized carbons (Fsp3) is 0.750. The largest absolute Gasteiger partial charge is 0.459 e. The Morgan fingerprint density at radius 2 is 1.64 bits per heavy atom. The Bertz CT molecular complexity index is 231. The highest BCUT2D eigenvalue weighted by atomic mass is 16.5. The van der Waals surface area contributed by atoms with Crippen molar-refractivity contribution in [3.8, 4) is 0 Å². The van der Waals surface area contributed by atoms with E-state index >= 15 is 0 Å². The molecule has 0 aromatic heterocycles. The predicted octanol–water partition coefficient (Wildman–Crippen LogP) is 3.22. The van der Waals surface area contributed by atoms with E-state index in [0.29, 0.717) is 0 Å². The third-order valence-electron chi connectivity index (χ3n) is 2.88. The predicted molar refractivity (Wildman–Crippen MR) is 57.0 cm³/mol. The second-order valence-corrected chi connectivity index (χ2v) is 4.29. The zero-order valence-corrected chi connectivity index (χ0v) is 9.43. The Kier molecular flexibility index (Phi) is 4.18. The minimum absolute atomic E-state index is 0.128. The number of esters is 1. The highest BCUT2D eigenvalue weighted by Crippen LogP contribution is 2.21. The summed E-state index contributed by atoms with van der Waals surface area (Å²) in [5.74, 6) is -0.128. The maximum absolute atomic E-state index is 11.6. The summed E-state index contributed by atoms with van der Waals surface area (Å²) in [6, 6.07) is 0. The van der Waals surface area contributed by atoms with Crippen LogP contribution in [0, 0.1) is 0 Å². The first-order valence-corrected chi connectivity index (χ1v) is 5.46. The van der Waals surface area contributed by atoms with Gasteiger partial charge in [-0.15, -0.1) is 0 Å². The van der Waals surface area contributed by atoms with Crippen LogP contribution in [0.1, 0.15) is 52.9 Å². The van der Waals surface area contributed by atoms with Gasteiger partial charge < -0.3 is 4.74 Å². The smallest absolute Gasteiger partial charge is 0.333 e. The molecule has 14 heavy (non-hydrogen) atoms. The molecular weight excluding hydrogens is 176 g/mol. The number of carbonyl (C=O) groups is 1. The van der Waals surface area contributed by atoms with E-state index in [9.17, 15) is 4.79 Å². The molecule has 1 rings (SSSR count). The first-order valence-electron chi connectivity index (χ1n) is 5.46. The van der Waals surface area contributed by atoms with Crippen LogP contribution in [0.4, 0.5) is 0 Å². The van der Waals surface area contributed by atoms with Crippen molar-refractivity contribution >= 4 is 5.97 Å². The van der Waals surface area contributed by atoms with Crippen LogP contribution in [0.5, 0.6) is 0 Å². The van der Waals surface area contributed by atoms with Gasteiger partial charge in [0.1, 0.15) is 6.10 Å². The van der Waals surface area contributed by atoms with Gasteiger partial charge >= 0.3 is 5.97 Å². The maximum Gasteiger partial charge on any atom is 0.333 e. The number of rotatable bonds is 2.